The molecule has 0 heterocycles. The van der Waals surface area contributed by atoms with E-state index in [1.807, 2.05) is 0 Å². The van der Waals surface area contributed by atoms with Crippen LogP contribution in [0.5, 0.6) is 0 Å². The third kappa shape index (κ3) is 4.64. The van der Waals surface area contributed by atoms with Gasteiger partial charge < -0.3 is 9.80 Å². The monoisotopic (exact) mass is 596 g/mol. The minimum absolute atomic E-state index is 0.168. The lowest BCUT2D eigenvalue weighted by Gasteiger charge is -2.58. The van der Waals surface area contributed by atoms with Gasteiger partial charge in [0.25, 0.3) is 0 Å². The van der Waals surface area contributed by atoms with Crippen molar-refractivity contribution >= 4 is 23.2 Å². The third-order valence-corrected chi connectivity index (χ3v) is 14.7. The molecule has 8 bridgehead atoms. The van der Waals surface area contributed by atoms with E-state index in [1.165, 1.54) is 77.0 Å². The largest absolute Gasteiger partial charge is 0.307 e. The number of benzene rings is 1. The van der Waals surface area contributed by atoms with Crippen LogP contribution in [0.1, 0.15) is 141 Å². The van der Waals surface area contributed by atoms with Crippen LogP contribution < -0.4 is 9.80 Å². The Bertz CT molecular complexity index is 1100. The van der Waals surface area contributed by atoms with E-state index in [2.05, 4.69) is 34.1 Å². The van der Waals surface area contributed by atoms with E-state index in [4.69, 9.17) is 0 Å². The zero-order valence-electron chi connectivity index (χ0n) is 27.2. The molecule has 0 aromatic heterocycles. The van der Waals surface area contributed by atoms with Gasteiger partial charge in [-0.05, 0) is 150 Å². The summed E-state index contributed by atoms with van der Waals surface area (Å²) in [4.78, 5) is 35.5. The maximum absolute atomic E-state index is 15.4. The Morgan fingerprint density at radius 3 is 1.07 bits per heavy atom. The standard InChI is InChI=1S/C40H56N2O2/c43-37(39-21-27-15-28(22-39)17-29(16-27)23-39)41(33-9-3-1-4-10-33)35-13-7-8-14-36(35)42(34-11-5-2-6-12-34)38(44)40-24-30-18-31(25-40)20-32(19-30)26-40/h7-8,13-14,27-34H,1-6,9-12,15-26H2. The van der Waals surface area contributed by atoms with E-state index < -0.39 is 0 Å². The Morgan fingerprint density at radius 2 is 0.773 bits per heavy atom. The SMILES string of the molecule is O=C(N(c1ccccc1N(C(=O)C12CC3CC(CC(C3)C1)C2)C1CCCCC1)C1CCCCC1)C12CC3CC(CC(C3)C1)C2. The van der Waals surface area contributed by atoms with Crippen LogP contribution in [0, 0.1) is 46.3 Å². The predicted octanol–water partition coefficient (Wildman–Crippen LogP) is 9.45. The van der Waals surface area contributed by atoms with Crippen LogP contribution in [0.25, 0.3) is 0 Å². The van der Waals surface area contributed by atoms with E-state index >= 15 is 9.59 Å². The number of rotatable bonds is 6. The molecular formula is C40H56N2O2. The number of carbonyl (C=O) groups is 2. The Labute approximate surface area is 266 Å². The highest BCUT2D eigenvalue weighted by Gasteiger charge is 2.58. The van der Waals surface area contributed by atoms with Crippen molar-refractivity contribution in [2.45, 2.75) is 153 Å². The molecular weight excluding hydrogens is 540 g/mol. The quantitative estimate of drug-likeness (QED) is 0.328. The number of carbonyl (C=O) groups excluding carboxylic acids is 2. The summed E-state index contributed by atoms with van der Waals surface area (Å²) in [6.07, 6.45) is 26.7. The molecule has 0 aliphatic heterocycles. The van der Waals surface area contributed by atoms with Gasteiger partial charge in [-0.2, -0.15) is 0 Å². The number of nitrogens with zero attached hydrogens (tertiary/aromatic N) is 2. The number of anilines is 2. The Hall–Kier alpha value is -1.84. The number of amides is 2. The summed E-state index contributed by atoms with van der Waals surface area (Å²) in [5.41, 5.74) is 1.84. The first kappa shape index (κ1) is 28.4. The van der Waals surface area contributed by atoms with Gasteiger partial charge in [0.05, 0.1) is 22.2 Å². The normalized spacial score (nSPS) is 41.2. The average Bonchev–Trinajstić information content (AvgIpc) is 3.02. The van der Waals surface area contributed by atoms with Gasteiger partial charge >= 0.3 is 0 Å². The van der Waals surface area contributed by atoms with Crippen molar-refractivity contribution in [3.8, 4) is 0 Å². The maximum Gasteiger partial charge on any atom is 0.233 e. The summed E-state index contributed by atoms with van der Waals surface area (Å²) in [6.45, 7) is 0. The molecule has 4 heteroatoms. The molecule has 11 rings (SSSR count). The number of hydrogen-bond donors (Lipinski definition) is 0. The van der Waals surface area contributed by atoms with Gasteiger partial charge in [-0.25, -0.2) is 0 Å². The van der Waals surface area contributed by atoms with Crippen molar-refractivity contribution in [1.29, 1.82) is 0 Å². The van der Waals surface area contributed by atoms with E-state index in [9.17, 15) is 0 Å². The van der Waals surface area contributed by atoms with E-state index in [1.54, 1.807) is 0 Å². The molecule has 0 unspecified atom stereocenters. The van der Waals surface area contributed by atoms with Crippen molar-refractivity contribution in [2.75, 3.05) is 9.80 Å². The fraction of sp³-hybridized carbons (Fsp3) is 0.800. The minimum Gasteiger partial charge on any atom is -0.307 e. The fourth-order valence-electron chi connectivity index (χ4n) is 13.8. The van der Waals surface area contributed by atoms with Crippen molar-refractivity contribution in [1.82, 2.24) is 0 Å². The van der Waals surface area contributed by atoms with Crippen LogP contribution >= 0.6 is 0 Å². The van der Waals surface area contributed by atoms with Gasteiger partial charge in [-0.3, -0.25) is 9.59 Å². The summed E-state index contributed by atoms with van der Waals surface area (Å²) in [5, 5.41) is 0. The molecule has 10 fully saturated rings. The lowest BCUT2D eigenvalue weighted by atomic mass is 9.49. The summed E-state index contributed by atoms with van der Waals surface area (Å²) in [5.74, 6) is 5.42. The van der Waals surface area contributed by atoms with Gasteiger partial charge in [-0.15, -0.1) is 0 Å². The summed E-state index contributed by atoms with van der Waals surface area (Å²) >= 11 is 0. The highest BCUT2D eigenvalue weighted by Crippen LogP contribution is 2.63. The molecule has 0 spiro atoms. The molecule has 10 saturated carbocycles. The van der Waals surface area contributed by atoms with E-state index in [0.717, 1.165) is 111 Å². The molecule has 4 nitrogen and oxygen atoms in total. The molecule has 0 saturated heterocycles. The maximum atomic E-state index is 15.4. The van der Waals surface area contributed by atoms with Crippen molar-refractivity contribution < 1.29 is 9.59 Å². The highest BCUT2D eigenvalue weighted by atomic mass is 16.2. The minimum atomic E-state index is -0.168. The molecule has 0 radical (unpaired) electrons. The van der Waals surface area contributed by atoms with Crippen molar-refractivity contribution in [2.24, 2.45) is 46.3 Å². The average molecular weight is 597 g/mol. The smallest absolute Gasteiger partial charge is 0.233 e. The van der Waals surface area contributed by atoms with Gasteiger partial charge in [0.1, 0.15) is 0 Å². The van der Waals surface area contributed by atoms with E-state index in [0.29, 0.717) is 11.8 Å². The highest BCUT2D eigenvalue weighted by molar-refractivity contribution is 6.06. The molecule has 10 aliphatic rings. The van der Waals surface area contributed by atoms with Gasteiger partial charge in [0.15, 0.2) is 0 Å². The Kier molecular flexibility index (Phi) is 7.01. The summed E-state index contributed by atoms with van der Waals surface area (Å²) < 4.78 is 0. The lowest BCUT2D eigenvalue weighted by Crippen LogP contribution is -2.58. The molecule has 238 valence electrons. The van der Waals surface area contributed by atoms with Gasteiger partial charge in [0, 0.05) is 12.1 Å². The van der Waals surface area contributed by atoms with Crippen LogP contribution in [0.3, 0.4) is 0 Å². The number of hydrogen-bond acceptors (Lipinski definition) is 2. The fourth-order valence-corrected chi connectivity index (χ4v) is 13.8. The van der Waals surface area contributed by atoms with Gasteiger partial charge in [0.2, 0.25) is 11.8 Å². The number of para-hydroxylation sites is 2. The second-order valence-corrected chi connectivity index (χ2v) is 17.8. The lowest BCUT2D eigenvalue weighted by molar-refractivity contribution is -0.144. The zero-order valence-corrected chi connectivity index (χ0v) is 27.2. The molecule has 0 atom stereocenters. The molecule has 2 amide bonds. The van der Waals surface area contributed by atoms with E-state index in [-0.39, 0.29) is 22.9 Å². The van der Waals surface area contributed by atoms with Crippen LogP contribution in [0.15, 0.2) is 24.3 Å². The first-order valence-corrected chi connectivity index (χ1v) is 19.2. The summed E-state index contributed by atoms with van der Waals surface area (Å²) in [7, 11) is 0. The third-order valence-electron chi connectivity index (χ3n) is 14.7. The van der Waals surface area contributed by atoms with Crippen molar-refractivity contribution in [3.05, 3.63) is 24.3 Å². The van der Waals surface area contributed by atoms with Crippen molar-refractivity contribution in [3.63, 3.8) is 0 Å². The first-order chi connectivity index (χ1) is 21.5. The topological polar surface area (TPSA) is 40.6 Å². The molecule has 1 aromatic carbocycles. The van der Waals surface area contributed by atoms with Crippen LogP contribution in [-0.2, 0) is 9.59 Å². The van der Waals surface area contributed by atoms with Crippen LogP contribution in [0.4, 0.5) is 11.4 Å². The first-order valence-electron chi connectivity index (χ1n) is 19.2. The molecule has 44 heavy (non-hydrogen) atoms. The molecule has 10 aliphatic carbocycles. The second kappa shape index (κ2) is 10.9. The van der Waals surface area contributed by atoms with Crippen LogP contribution in [-0.4, -0.2) is 23.9 Å². The zero-order chi connectivity index (χ0) is 29.5. The predicted molar refractivity (Wildman–Crippen MR) is 176 cm³/mol. The van der Waals surface area contributed by atoms with Gasteiger partial charge in [-0.1, -0.05) is 50.7 Å². The Balaban J connectivity index is 1.13. The molecule has 0 N–H and O–H groups in total. The molecule has 1 aromatic rings. The second-order valence-electron chi connectivity index (χ2n) is 17.8. The van der Waals surface area contributed by atoms with Crippen LogP contribution in [0.2, 0.25) is 0 Å². The summed E-state index contributed by atoms with van der Waals surface area (Å²) in [6, 6.07) is 9.38. The Morgan fingerprint density at radius 1 is 0.477 bits per heavy atom.